The first-order valence-corrected chi connectivity index (χ1v) is 10.6. The Bertz CT molecular complexity index is 928. The second-order valence-electron chi connectivity index (χ2n) is 7.22. The lowest BCUT2D eigenvalue weighted by atomic mass is 10.0. The highest BCUT2D eigenvalue weighted by Gasteiger charge is 2.15. The molecule has 0 aliphatic carbocycles. The van der Waals surface area contributed by atoms with Gasteiger partial charge in [0.1, 0.15) is 0 Å². The maximum atomic E-state index is 12.7. The fraction of sp³-hybridized carbons (Fsp3) is 0.174. The maximum Gasteiger partial charge on any atom is 0.196 e. The van der Waals surface area contributed by atoms with Gasteiger partial charge in [0.15, 0.2) is 5.78 Å². The highest BCUT2D eigenvalue weighted by atomic mass is 32.1. The van der Waals surface area contributed by atoms with Crippen LogP contribution >= 0.6 is 22.7 Å². The zero-order valence-electron chi connectivity index (χ0n) is 15.7. The van der Waals surface area contributed by atoms with Gasteiger partial charge < -0.3 is 5.32 Å². The van der Waals surface area contributed by atoms with E-state index in [1.54, 1.807) is 17.4 Å². The van der Waals surface area contributed by atoms with Crippen LogP contribution in [0, 0.1) is 0 Å². The van der Waals surface area contributed by atoms with Crippen LogP contribution < -0.4 is 5.32 Å². The summed E-state index contributed by atoms with van der Waals surface area (Å²) >= 11 is 3.15. The van der Waals surface area contributed by atoms with Crippen molar-refractivity contribution in [3.8, 4) is 0 Å². The monoisotopic (exact) mass is 393 g/mol. The second kappa shape index (κ2) is 8.51. The van der Waals surface area contributed by atoms with E-state index in [9.17, 15) is 4.79 Å². The van der Waals surface area contributed by atoms with Crippen LogP contribution in [0.4, 0.5) is 0 Å². The lowest BCUT2D eigenvalue weighted by Crippen LogP contribution is -2.34. The summed E-state index contributed by atoms with van der Waals surface area (Å²) in [6, 6.07) is 18.0. The molecule has 0 saturated carbocycles. The molecule has 3 aromatic rings. The summed E-state index contributed by atoms with van der Waals surface area (Å²) < 4.78 is 0. The van der Waals surface area contributed by atoms with Crippen LogP contribution in [0.1, 0.15) is 40.9 Å². The molecule has 0 fully saturated rings. The largest absolute Gasteiger partial charge is 0.379 e. The number of nitrogens with one attached hydrogen (secondary N) is 1. The van der Waals surface area contributed by atoms with E-state index >= 15 is 0 Å². The van der Waals surface area contributed by atoms with Gasteiger partial charge in [0.25, 0.3) is 0 Å². The smallest absolute Gasteiger partial charge is 0.196 e. The summed E-state index contributed by atoms with van der Waals surface area (Å²) in [5.74, 6) is 0.0291. The van der Waals surface area contributed by atoms with Gasteiger partial charge in [-0.2, -0.15) is 0 Å². The minimum atomic E-state index is -0.0879. The second-order valence-corrected chi connectivity index (χ2v) is 9.11. The molecule has 2 heterocycles. The van der Waals surface area contributed by atoms with E-state index in [1.165, 1.54) is 11.3 Å². The minimum Gasteiger partial charge on any atom is -0.379 e. The number of benzene rings is 1. The van der Waals surface area contributed by atoms with Gasteiger partial charge in [0.2, 0.25) is 0 Å². The summed E-state index contributed by atoms with van der Waals surface area (Å²) in [6.07, 6.45) is 3.82. The molecule has 27 heavy (non-hydrogen) atoms. The van der Waals surface area contributed by atoms with E-state index in [0.29, 0.717) is 0 Å². The first kappa shape index (κ1) is 19.3. The van der Waals surface area contributed by atoms with Gasteiger partial charge >= 0.3 is 0 Å². The molecular formula is C23H23NOS2. The lowest BCUT2D eigenvalue weighted by Gasteiger charge is -2.24. The lowest BCUT2D eigenvalue weighted by molar-refractivity contribution is 0.105. The fourth-order valence-electron chi connectivity index (χ4n) is 2.63. The van der Waals surface area contributed by atoms with Crippen molar-refractivity contribution in [2.24, 2.45) is 0 Å². The number of thiophene rings is 2. The number of hydrogen-bond acceptors (Lipinski definition) is 4. The molecule has 0 atom stereocenters. The third-order valence-corrected chi connectivity index (χ3v) is 5.54. The normalized spacial score (nSPS) is 12.9. The van der Waals surface area contributed by atoms with E-state index in [4.69, 9.17) is 0 Å². The molecular weight excluding hydrogens is 370 g/mol. The average Bonchev–Trinajstić information content (AvgIpc) is 3.33. The number of carbonyl (C=O) groups excluding carboxylic acids is 1. The molecule has 0 spiro atoms. The van der Waals surface area contributed by atoms with E-state index < -0.39 is 0 Å². The van der Waals surface area contributed by atoms with Crippen molar-refractivity contribution in [3.05, 3.63) is 92.8 Å². The van der Waals surface area contributed by atoms with Crippen LogP contribution in [0.25, 0.3) is 11.3 Å². The van der Waals surface area contributed by atoms with Gasteiger partial charge in [-0.25, -0.2) is 0 Å². The highest BCUT2D eigenvalue weighted by Crippen LogP contribution is 2.26. The molecule has 2 aromatic heterocycles. The van der Waals surface area contributed by atoms with Crippen LogP contribution in [0.3, 0.4) is 0 Å². The number of rotatable bonds is 6. The molecule has 0 aliphatic rings. The zero-order valence-corrected chi connectivity index (χ0v) is 17.4. The Labute approximate surface area is 168 Å². The van der Waals surface area contributed by atoms with Crippen LogP contribution in [-0.4, -0.2) is 11.3 Å². The molecule has 2 nitrogen and oxygen atoms in total. The van der Waals surface area contributed by atoms with Crippen LogP contribution in [-0.2, 0) is 0 Å². The first-order valence-electron chi connectivity index (χ1n) is 8.81. The molecule has 3 rings (SSSR count). The van der Waals surface area contributed by atoms with Crippen molar-refractivity contribution < 1.29 is 4.79 Å². The molecule has 0 aliphatic heterocycles. The van der Waals surface area contributed by atoms with Crippen molar-refractivity contribution in [1.82, 2.24) is 5.32 Å². The molecule has 1 N–H and O–H groups in total. The summed E-state index contributed by atoms with van der Waals surface area (Å²) in [5.41, 5.74) is 2.85. The Morgan fingerprint density at radius 3 is 2.04 bits per heavy atom. The number of allylic oxidation sites excluding steroid dienone is 3. The predicted octanol–water partition coefficient (Wildman–Crippen LogP) is 6.51. The Hall–Kier alpha value is -2.43. The zero-order chi connectivity index (χ0) is 19.3. The van der Waals surface area contributed by atoms with E-state index in [0.717, 1.165) is 26.6 Å². The maximum absolute atomic E-state index is 12.7. The molecule has 1 aromatic carbocycles. The first-order chi connectivity index (χ1) is 12.9. The summed E-state index contributed by atoms with van der Waals surface area (Å²) in [4.78, 5) is 14.6. The van der Waals surface area contributed by atoms with Crippen molar-refractivity contribution in [1.29, 1.82) is 0 Å². The summed E-state index contributed by atoms with van der Waals surface area (Å²) in [7, 11) is 0. The molecule has 138 valence electrons. The Morgan fingerprint density at radius 2 is 1.48 bits per heavy atom. The number of hydrogen-bond donors (Lipinski definition) is 1. The van der Waals surface area contributed by atoms with Crippen LogP contribution in [0.5, 0.6) is 0 Å². The fourth-order valence-corrected chi connectivity index (χ4v) is 3.96. The molecule has 0 bridgehead atoms. The topological polar surface area (TPSA) is 29.1 Å². The predicted molar refractivity (Wildman–Crippen MR) is 118 cm³/mol. The van der Waals surface area contributed by atoms with E-state index in [-0.39, 0.29) is 11.3 Å². The van der Waals surface area contributed by atoms with Gasteiger partial charge in [-0.1, -0.05) is 42.5 Å². The van der Waals surface area contributed by atoms with E-state index in [1.807, 2.05) is 53.9 Å². The molecule has 0 amide bonds. The highest BCUT2D eigenvalue weighted by molar-refractivity contribution is 7.12. The van der Waals surface area contributed by atoms with Gasteiger partial charge in [0.05, 0.1) is 15.5 Å². The summed E-state index contributed by atoms with van der Waals surface area (Å²) in [5, 5.41) is 7.58. The minimum absolute atomic E-state index is 0.0291. The van der Waals surface area contributed by atoms with Gasteiger partial charge in [0, 0.05) is 5.54 Å². The van der Waals surface area contributed by atoms with Gasteiger partial charge in [-0.05, 0) is 67.0 Å². The molecule has 4 heteroatoms. The van der Waals surface area contributed by atoms with Crippen molar-refractivity contribution in [3.63, 3.8) is 0 Å². The summed E-state index contributed by atoms with van der Waals surface area (Å²) in [6.45, 7) is 6.41. The standard InChI is InChI=1S/C23H23NOS2/c1-23(2,3)24-19(21-11-7-13-26-21)15-18(17-9-5-4-6-10-17)16-20(25)22-12-8-14-27-22/h4-16,24H,1-3H3/b18-16+,19-15-. The van der Waals surface area contributed by atoms with Crippen molar-refractivity contribution in [2.75, 3.05) is 0 Å². The third kappa shape index (κ3) is 5.52. The molecule has 0 radical (unpaired) electrons. The Balaban J connectivity index is 2.08. The molecule has 0 saturated heterocycles. The SMILES string of the molecule is CC(C)(C)N/C(=C\C(=C/C(=O)c1cccs1)c1ccccc1)c1cccs1. The third-order valence-electron chi connectivity index (χ3n) is 3.75. The average molecular weight is 394 g/mol. The number of carbonyl (C=O) groups is 1. The quantitative estimate of drug-likeness (QED) is 0.294. The van der Waals surface area contributed by atoms with Crippen molar-refractivity contribution in [2.45, 2.75) is 26.3 Å². The van der Waals surface area contributed by atoms with Crippen LogP contribution in [0.2, 0.25) is 0 Å². The van der Waals surface area contributed by atoms with Crippen LogP contribution in [0.15, 0.2) is 77.5 Å². The molecule has 0 unspecified atom stereocenters. The Morgan fingerprint density at radius 1 is 0.852 bits per heavy atom. The van der Waals surface area contributed by atoms with Gasteiger partial charge in [-0.3, -0.25) is 4.79 Å². The number of ketones is 1. The van der Waals surface area contributed by atoms with E-state index in [2.05, 4.69) is 43.6 Å². The van der Waals surface area contributed by atoms with Gasteiger partial charge in [-0.15, -0.1) is 22.7 Å². The van der Waals surface area contributed by atoms with Crippen molar-refractivity contribution >= 4 is 39.7 Å². The Kier molecular flexibility index (Phi) is 6.09.